The minimum absolute atomic E-state index is 1.14. The van der Waals surface area contributed by atoms with Gasteiger partial charge in [-0.25, -0.2) is 0 Å². The maximum absolute atomic E-state index is 2.33. The maximum Gasteiger partial charge on any atom is 0.0467 e. The van der Waals surface area contributed by atoms with Crippen molar-refractivity contribution in [2.45, 2.75) is 41.5 Å². The number of hydrogen-bond donors (Lipinski definition) is 0. The molecule has 0 radical (unpaired) electrons. The van der Waals surface area contributed by atoms with Gasteiger partial charge in [0, 0.05) is 34.1 Å². The summed E-state index contributed by atoms with van der Waals surface area (Å²) in [5, 5.41) is 0. The average molecular weight is 701 g/mol. The van der Waals surface area contributed by atoms with Gasteiger partial charge in [0.2, 0.25) is 0 Å². The number of hydrogen-bond acceptors (Lipinski definition) is 2. The highest BCUT2D eigenvalue weighted by molar-refractivity contribution is 5.81. The normalized spacial score (nSPS) is 11.4. The summed E-state index contributed by atoms with van der Waals surface area (Å²) in [6.45, 7) is 13.2. The fraction of sp³-hybridized carbons (Fsp3) is 0.115. The molecule has 0 bridgehead atoms. The molecule has 0 aliphatic carbocycles. The second-order valence-corrected chi connectivity index (χ2v) is 14.3. The molecule has 0 amide bonds. The van der Waals surface area contributed by atoms with Crippen LogP contribution in [0.2, 0.25) is 0 Å². The third kappa shape index (κ3) is 8.14. The number of benzene rings is 7. The number of anilines is 6. The van der Waals surface area contributed by atoms with Crippen LogP contribution in [0.3, 0.4) is 0 Å². The molecule has 54 heavy (non-hydrogen) atoms. The standard InChI is InChI=1S/C52H48N2/c1-37-33-51(34-38(2)41(37)5)53(47-13-9-7-10-14-47)49-29-25-45(26-30-49)23-21-43-17-19-44(20-18-43)22-24-46-27-31-50(32-28-46)54(48-15-11-8-12-16-48)52-35-39(3)42(6)40(4)36-52/h7-36H,1-6H3/b23-21+,24-22+. The van der Waals surface area contributed by atoms with Gasteiger partial charge in [0.15, 0.2) is 0 Å². The Balaban J connectivity index is 1.04. The molecule has 266 valence electrons. The molecule has 0 aromatic heterocycles. The van der Waals surface area contributed by atoms with Crippen molar-refractivity contribution in [2.75, 3.05) is 9.80 Å². The summed E-state index contributed by atoms with van der Waals surface area (Å²) in [6.07, 6.45) is 8.72. The van der Waals surface area contributed by atoms with E-state index in [4.69, 9.17) is 0 Å². The lowest BCUT2D eigenvalue weighted by Gasteiger charge is -2.27. The van der Waals surface area contributed by atoms with Crippen molar-refractivity contribution in [1.82, 2.24) is 0 Å². The molecular formula is C52H48N2. The molecule has 0 aliphatic rings. The molecule has 7 rings (SSSR count). The monoisotopic (exact) mass is 700 g/mol. The first-order valence-electron chi connectivity index (χ1n) is 18.8. The van der Waals surface area contributed by atoms with Gasteiger partial charge >= 0.3 is 0 Å². The molecule has 0 saturated carbocycles. The van der Waals surface area contributed by atoms with Gasteiger partial charge in [-0.2, -0.15) is 0 Å². The van der Waals surface area contributed by atoms with Crippen molar-refractivity contribution in [3.63, 3.8) is 0 Å². The molecule has 7 aromatic carbocycles. The van der Waals surface area contributed by atoms with E-state index in [9.17, 15) is 0 Å². The third-order valence-corrected chi connectivity index (χ3v) is 10.5. The molecule has 2 heteroatoms. The van der Waals surface area contributed by atoms with E-state index in [2.05, 4.69) is 233 Å². The predicted octanol–water partition coefficient (Wildman–Crippen LogP) is 14.8. The molecular weight excluding hydrogens is 653 g/mol. The van der Waals surface area contributed by atoms with Gasteiger partial charge in [0.05, 0.1) is 0 Å². The fourth-order valence-corrected chi connectivity index (χ4v) is 6.90. The zero-order chi connectivity index (χ0) is 37.6. The second-order valence-electron chi connectivity index (χ2n) is 14.3. The van der Waals surface area contributed by atoms with Gasteiger partial charge in [-0.15, -0.1) is 0 Å². The summed E-state index contributed by atoms with van der Waals surface area (Å²) >= 11 is 0. The predicted molar refractivity (Wildman–Crippen MR) is 235 cm³/mol. The van der Waals surface area contributed by atoms with E-state index >= 15 is 0 Å². The Morgan fingerprint density at radius 2 is 0.519 bits per heavy atom. The first-order valence-corrected chi connectivity index (χ1v) is 18.8. The summed E-state index contributed by atoms with van der Waals surface area (Å²) in [7, 11) is 0. The highest BCUT2D eigenvalue weighted by Crippen LogP contribution is 2.38. The van der Waals surface area contributed by atoms with Crippen LogP contribution in [0.1, 0.15) is 55.6 Å². The fourth-order valence-electron chi connectivity index (χ4n) is 6.90. The Labute approximate surface area is 322 Å². The summed E-state index contributed by atoms with van der Waals surface area (Å²) in [4.78, 5) is 4.67. The number of rotatable bonds is 10. The molecule has 0 atom stereocenters. The summed E-state index contributed by atoms with van der Waals surface area (Å²) in [6, 6.07) is 56.7. The maximum atomic E-state index is 2.33. The SMILES string of the molecule is Cc1cc(N(c2ccccc2)c2ccc(/C=C/c3ccc(/C=C/c4ccc(N(c5ccccc5)c5cc(C)c(C)c(C)c5)cc4)cc3)cc2)cc(C)c1C. The zero-order valence-corrected chi connectivity index (χ0v) is 32.2. The van der Waals surface area contributed by atoms with Crippen molar-refractivity contribution in [3.05, 3.63) is 213 Å². The van der Waals surface area contributed by atoms with Crippen LogP contribution in [-0.2, 0) is 0 Å². The van der Waals surface area contributed by atoms with Crippen molar-refractivity contribution in [3.8, 4) is 0 Å². The van der Waals surface area contributed by atoms with Crippen LogP contribution < -0.4 is 9.80 Å². The smallest absolute Gasteiger partial charge is 0.0467 e. The molecule has 0 spiro atoms. The number of nitrogens with zero attached hydrogens (tertiary/aromatic N) is 2. The Morgan fingerprint density at radius 1 is 0.278 bits per heavy atom. The van der Waals surface area contributed by atoms with Crippen molar-refractivity contribution in [1.29, 1.82) is 0 Å². The number of para-hydroxylation sites is 2. The molecule has 0 N–H and O–H groups in total. The van der Waals surface area contributed by atoms with Crippen LogP contribution in [0.25, 0.3) is 24.3 Å². The minimum Gasteiger partial charge on any atom is -0.310 e. The van der Waals surface area contributed by atoms with Gasteiger partial charge in [0.25, 0.3) is 0 Å². The van der Waals surface area contributed by atoms with Gasteiger partial charge in [-0.3, -0.25) is 0 Å². The van der Waals surface area contributed by atoms with Crippen LogP contribution in [0.4, 0.5) is 34.1 Å². The summed E-state index contributed by atoms with van der Waals surface area (Å²) in [5.41, 5.74) is 19.5. The Bertz CT molecular complexity index is 2180. The zero-order valence-electron chi connectivity index (χ0n) is 32.2. The first-order chi connectivity index (χ1) is 26.2. The average Bonchev–Trinajstić information content (AvgIpc) is 3.20. The van der Waals surface area contributed by atoms with Crippen molar-refractivity contribution < 1.29 is 0 Å². The molecule has 0 fully saturated rings. The quantitative estimate of drug-likeness (QED) is 0.131. The molecule has 0 heterocycles. The van der Waals surface area contributed by atoms with E-state index in [0.29, 0.717) is 0 Å². The van der Waals surface area contributed by atoms with Crippen molar-refractivity contribution >= 4 is 58.4 Å². The van der Waals surface area contributed by atoms with Crippen molar-refractivity contribution in [2.24, 2.45) is 0 Å². The van der Waals surface area contributed by atoms with E-state index in [1.807, 2.05) is 0 Å². The van der Waals surface area contributed by atoms with E-state index in [1.165, 1.54) is 55.9 Å². The van der Waals surface area contributed by atoms with Gasteiger partial charge in [-0.05, 0) is 170 Å². The van der Waals surface area contributed by atoms with E-state index in [0.717, 1.165) is 33.9 Å². The largest absolute Gasteiger partial charge is 0.310 e. The molecule has 0 aliphatic heterocycles. The van der Waals surface area contributed by atoms with E-state index in [-0.39, 0.29) is 0 Å². The number of aryl methyl sites for hydroxylation is 4. The highest BCUT2D eigenvalue weighted by atomic mass is 15.1. The van der Waals surface area contributed by atoms with E-state index < -0.39 is 0 Å². The van der Waals surface area contributed by atoms with E-state index in [1.54, 1.807) is 0 Å². The molecule has 2 nitrogen and oxygen atoms in total. The van der Waals surface area contributed by atoms with Crippen LogP contribution in [-0.4, -0.2) is 0 Å². The Morgan fingerprint density at radius 3 is 0.796 bits per heavy atom. The lowest BCUT2D eigenvalue weighted by Crippen LogP contribution is -2.10. The van der Waals surface area contributed by atoms with Crippen LogP contribution in [0, 0.1) is 41.5 Å². The topological polar surface area (TPSA) is 6.48 Å². The third-order valence-electron chi connectivity index (χ3n) is 10.5. The van der Waals surface area contributed by atoms with Crippen LogP contribution >= 0.6 is 0 Å². The first kappa shape index (κ1) is 36.0. The van der Waals surface area contributed by atoms with Crippen LogP contribution in [0.5, 0.6) is 0 Å². The molecule has 0 unspecified atom stereocenters. The van der Waals surface area contributed by atoms with Gasteiger partial charge < -0.3 is 9.80 Å². The molecule has 7 aromatic rings. The Hall–Kier alpha value is -6.38. The minimum atomic E-state index is 1.14. The Kier molecular flexibility index (Phi) is 10.7. The lowest BCUT2D eigenvalue weighted by molar-refractivity contribution is 1.21. The molecule has 0 saturated heterocycles. The highest BCUT2D eigenvalue weighted by Gasteiger charge is 2.15. The van der Waals surface area contributed by atoms with Gasteiger partial charge in [0.1, 0.15) is 0 Å². The summed E-state index contributed by atoms with van der Waals surface area (Å²) in [5.74, 6) is 0. The lowest BCUT2D eigenvalue weighted by atomic mass is 10.0. The van der Waals surface area contributed by atoms with Crippen LogP contribution in [0.15, 0.2) is 158 Å². The second kappa shape index (κ2) is 16.1. The van der Waals surface area contributed by atoms with Gasteiger partial charge in [-0.1, -0.05) is 109 Å². The summed E-state index contributed by atoms with van der Waals surface area (Å²) < 4.78 is 0.